The predicted molar refractivity (Wildman–Crippen MR) is 50.3 cm³/mol. The second-order valence-corrected chi connectivity index (χ2v) is 4.34. The van der Waals surface area contributed by atoms with Crippen molar-refractivity contribution in [2.24, 2.45) is 0 Å². The molecule has 0 bridgehead atoms. The van der Waals surface area contributed by atoms with E-state index in [9.17, 15) is 48.3 Å². The van der Waals surface area contributed by atoms with Gasteiger partial charge in [0.2, 0.25) is 0 Å². The summed E-state index contributed by atoms with van der Waals surface area (Å²) in [6.07, 6.45) is -19.7. The largest absolute Gasteiger partial charge is 0.438 e. The van der Waals surface area contributed by atoms with E-state index < -0.39 is 48.1 Å². The molecule has 0 aliphatic carbocycles. The zero-order chi connectivity index (χ0) is 17.5. The maximum Gasteiger partial charge on any atom is 0.438 e. The van der Waals surface area contributed by atoms with Gasteiger partial charge in [0, 0.05) is 12.2 Å². The minimum Gasteiger partial charge on any atom is -0.392 e. The van der Waals surface area contributed by atoms with Crippen molar-refractivity contribution in [2.45, 2.75) is 42.4 Å². The smallest absolute Gasteiger partial charge is 0.392 e. The Bertz CT molecular complexity index is 346. The van der Waals surface area contributed by atoms with E-state index in [1.165, 1.54) is 0 Å². The van der Waals surface area contributed by atoms with Crippen molar-refractivity contribution in [1.29, 1.82) is 0 Å². The number of alkyl halides is 11. The van der Waals surface area contributed by atoms with Crippen LogP contribution in [0.2, 0.25) is 0 Å². The molecule has 0 aromatic rings. The summed E-state index contributed by atoms with van der Waals surface area (Å²) in [5.74, 6) is -14.3. The van der Waals surface area contributed by atoms with Gasteiger partial charge in [0.25, 0.3) is 0 Å². The first kappa shape index (κ1) is 20.5. The Morgan fingerprint density at radius 1 is 0.762 bits per heavy atom. The lowest BCUT2D eigenvalue weighted by molar-refractivity contribution is -0.427. The van der Waals surface area contributed by atoms with E-state index in [0.29, 0.717) is 0 Å². The molecule has 1 N–H and O–H groups in total. The normalized spacial score (nSPS) is 17.0. The molecule has 0 aliphatic rings. The van der Waals surface area contributed by atoms with Crippen LogP contribution in [-0.4, -0.2) is 46.8 Å². The summed E-state index contributed by atoms with van der Waals surface area (Å²) in [6.45, 7) is 0. The molecule has 128 valence electrons. The molecule has 0 amide bonds. The quantitative estimate of drug-likeness (QED) is 0.565. The molecule has 0 saturated carbocycles. The molecule has 0 aliphatic heterocycles. The van der Waals surface area contributed by atoms with Crippen LogP contribution in [0.3, 0.4) is 0 Å². The van der Waals surface area contributed by atoms with E-state index in [1.807, 2.05) is 0 Å². The second-order valence-electron chi connectivity index (χ2n) is 3.97. The Morgan fingerprint density at radius 3 is 1.33 bits per heavy atom. The van der Waals surface area contributed by atoms with Crippen LogP contribution in [0.4, 0.5) is 48.3 Å². The molecule has 0 saturated heterocycles. The molecule has 0 aromatic carbocycles. The third-order valence-electron chi connectivity index (χ3n) is 2.38. The number of hydrogen-bond donors (Lipinski definition) is 2. The third kappa shape index (κ3) is 3.32. The highest BCUT2D eigenvalue weighted by Gasteiger charge is 2.89. The molecule has 0 rings (SSSR count). The van der Waals surface area contributed by atoms with Crippen molar-refractivity contribution in [3.8, 4) is 0 Å². The number of thiol groups is 1. The Balaban J connectivity index is 6.02. The van der Waals surface area contributed by atoms with Gasteiger partial charge in [0.15, 0.2) is 0 Å². The van der Waals surface area contributed by atoms with Crippen molar-refractivity contribution < 1.29 is 53.4 Å². The molecule has 13 heteroatoms. The highest BCUT2D eigenvalue weighted by molar-refractivity contribution is 7.80. The summed E-state index contributed by atoms with van der Waals surface area (Å²) < 4.78 is 138. The number of halogens is 11. The first-order chi connectivity index (χ1) is 8.95. The van der Waals surface area contributed by atoms with E-state index in [4.69, 9.17) is 5.11 Å². The summed E-state index contributed by atoms with van der Waals surface area (Å²) in [4.78, 5) is 0. The zero-order valence-electron chi connectivity index (χ0n) is 9.54. The van der Waals surface area contributed by atoms with Crippen molar-refractivity contribution >= 4 is 12.6 Å². The van der Waals surface area contributed by atoms with Gasteiger partial charge in [-0.25, -0.2) is 4.39 Å². The van der Waals surface area contributed by atoms with E-state index in [1.54, 1.807) is 0 Å². The average molecular weight is 360 g/mol. The van der Waals surface area contributed by atoms with Crippen LogP contribution in [0.5, 0.6) is 0 Å². The average Bonchev–Trinajstić information content (AvgIpc) is 2.23. The van der Waals surface area contributed by atoms with Crippen LogP contribution in [0.15, 0.2) is 0 Å². The molecule has 1 unspecified atom stereocenters. The van der Waals surface area contributed by atoms with Gasteiger partial charge in [0.05, 0.1) is 6.10 Å². The lowest BCUT2D eigenvalue weighted by Gasteiger charge is -2.40. The van der Waals surface area contributed by atoms with Crippen molar-refractivity contribution in [1.82, 2.24) is 0 Å². The highest BCUT2D eigenvalue weighted by Crippen LogP contribution is 2.59. The highest BCUT2D eigenvalue weighted by atomic mass is 32.1. The number of aliphatic hydroxyl groups excluding tert-OH is 1. The Labute approximate surface area is 115 Å². The summed E-state index contributed by atoms with van der Waals surface area (Å²) in [6, 6.07) is 0. The zero-order valence-corrected chi connectivity index (χ0v) is 10.4. The van der Waals surface area contributed by atoms with Gasteiger partial charge in [-0.2, -0.15) is 56.5 Å². The van der Waals surface area contributed by atoms with Gasteiger partial charge in [-0.05, 0) is 0 Å². The summed E-state index contributed by atoms with van der Waals surface area (Å²) >= 11 is 3.14. The molecule has 0 aromatic heterocycles. The van der Waals surface area contributed by atoms with E-state index in [0.717, 1.165) is 0 Å². The fourth-order valence-electron chi connectivity index (χ4n) is 1.26. The van der Waals surface area contributed by atoms with Crippen LogP contribution < -0.4 is 0 Å². The van der Waals surface area contributed by atoms with Gasteiger partial charge in [0.1, 0.15) is 0 Å². The van der Waals surface area contributed by atoms with E-state index >= 15 is 0 Å². The summed E-state index contributed by atoms with van der Waals surface area (Å²) in [5, 5.41) is 8.65. The van der Waals surface area contributed by atoms with E-state index in [-0.39, 0.29) is 0 Å². The second kappa shape index (κ2) is 5.63. The fraction of sp³-hybridized carbons (Fsp3) is 1.00. The molecule has 1 nitrogen and oxygen atoms in total. The first-order valence-electron chi connectivity index (χ1n) is 4.82. The standard InChI is InChI=1S/C8H7F11OS/c9-4(10,1-3(20)2-21)6(12,13)5(11,7(14,15)16)8(17,18)19/h3,20-21H,1-2H2. The topological polar surface area (TPSA) is 20.2 Å². The molecule has 21 heavy (non-hydrogen) atoms. The van der Waals surface area contributed by atoms with Gasteiger partial charge in [-0.15, -0.1) is 0 Å². The van der Waals surface area contributed by atoms with Crippen LogP contribution in [-0.2, 0) is 0 Å². The molecule has 0 heterocycles. The molecule has 0 radical (unpaired) electrons. The van der Waals surface area contributed by atoms with Gasteiger partial charge < -0.3 is 5.11 Å². The number of hydrogen-bond acceptors (Lipinski definition) is 2. The summed E-state index contributed by atoms with van der Waals surface area (Å²) in [7, 11) is 0. The van der Waals surface area contributed by atoms with Gasteiger partial charge >= 0.3 is 29.9 Å². The lowest BCUT2D eigenvalue weighted by Crippen LogP contribution is -2.70. The van der Waals surface area contributed by atoms with Crippen LogP contribution >= 0.6 is 12.6 Å². The maximum atomic E-state index is 13.1. The predicted octanol–water partition coefficient (Wildman–Crippen LogP) is 3.77. The minimum atomic E-state index is -7.48. The van der Waals surface area contributed by atoms with Crippen LogP contribution in [0.1, 0.15) is 6.42 Å². The minimum absolute atomic E-state index is 0.969. The molecular weight excluding hydrogens is 353 g/mol. The van der Waals surface area contributed by atoms with Crippen LogP contribution in [0.25, 0.3) is 0 Å². The molecular formula is C8H7F11OS. The monoisotopic (exact) mass is 360 g/mol. The Hall–Kier alpha value is -0.460. The van der Waals surface area contributed by atoms with Crippen molar-refractivity contribution in [3.63, 3.8) is 0 Å². The van der Waals surface area contributed by atoms with Crippen molar-refractivity contribution in [3.05, 3.63) is 0 Å². The first-order valence-corrected chi connectivity index (χ1v) is 5.46. The molecule has 0 spiro atoms. The van der Waals surface area contributed by atoms with E-state index in [2.05, 4.69) is 12.6 Å². The lowest BCUT2D eigenvalue weighted by atomic mass is 9.88. The number of rotatable bonds is 5. The summed E-state index contributed by atoms with van der Waals surface area (Å²) in [5.41, 5.74) is -7.48. The Kier molecular flexibility index (Phi) is 5.51. The van der Waals surface area contributed by atoms with Crippen LogP contribution in [0, 0.1) is 0 Å². The number of aliphatic hydroxyl groups is 1. The molecule has 1 atom stereocenters. The van der Waals surface area contributed by atoms with Gasteiger partial charge in [-0.3, -0.25) is 0 Å². The SMILES string of the molecule is OC(CS)CC(F)(F)C(F)(F)C(F)(C(F)(F)F)C(F)(F)F. The van der Waals surface area contributed by atoms with Crippen molar-refractivity contribution in [2.75, 3.05) is 5.75 Å². The fourth-order valence-corrected chi connectivity index (χ4v) is 1.39. The Morgan fingerprint density at radius 2 is 1.10 bits per heavy atom. The third-order valence-corrected chi connectivity index (χ3v) is 2.80. The maximum absolute atomic E-state index is 13.1. The molecule has 0 fully saturated rings. The van der Waals surface area contributed by atoms with Gasteiger partial charge in [-0.1, -0.05) is 0 Å².